The van der Waals surface area contributed by atoms with Crippen molar-refractivity contribution in [1.82, 2.24) is 4.98 Å². The quantitative estimate of drug-likeness (QED) is 0.826. The van der Waals surface area contributed by atoms with Gasteiger partial charge < -0.3 is 5.11 Å². The van der Waals surface area contributed by atoms with E-state index in [2.05, 4.69) is 4.98 Å². The Balaban J connectivity index is 0. The van der Waals surface area contributed by atoms with Crippen LogP contribution in [0.2, 0.25) is 5.15 Å². The molecule has 1 heterocycles. The van der Waals surface area contributed by atoms with Gasteiger partial charge in [0.25, 0.3) is 0 Å². The number of pyridine rings is 1. The molecule has 0 aromatic carbocycles. The average Bonchev–Trinajstić information content (AvgIpc) is 2.36. The molecular weight excluding hydrogens is 229 g/mol. The van der Waals surface area contributed by atoms with Gasteiger partial charge in [-0.15, -0.1) is 0 Å². The summed E-state index contributed by atoms with van der Waals surface area (Å²) >= 11 is 5.38. The van der Waals surface area contributed by atoms with Gasteiger partial charge in [0.05, 0.1) is 0 Å². The van der Waals surface area contributed by atoms with Crippen LogP contribution in [0, 0.1) is 5.82 Å². The molecule has 0 aliphatic rings. The highest BCUT2D eigenvalue weighted by molar-refractivity contribution is 6.29. The van der Waals surface area contributed by atoms with E-state index in [9.17, 15) is 4.39 Å². The molecule has 0 saturated carbocycles. The van der Waals surface area contributed by atoms with Crippen LogP contribution < -0.4 is 0 Å². The molecule has 0 amide bonds. The molecule has 0 fully saturated rings. The van der Waals surface area contributed by atoms with E-state index in [1.54, 1.807) is 0 Å². The first kappa shape index (κ1) is 17.7. The molecule has 0 bridgehead atoms. The van der Waals surface area contributed by atoms with Crippen LogP contribution in [0.5, 0.6) is 0 Å². The van der Waals surface area contributed by atoms with Crippen molar-refractivity contribution < 1.29 is 9.50 Å². The van der Waals surface area contributed by atoms with Crippen LogP contribution in [0.25, 0.3) is 0 Å². The van der Waals surface area contributed by atoms with Crippen molar-refractivity contribution in [1.29, 1.82) is 0 Å². The van der Waals surface area contributed by atoms with Crippen LogP contribution in [-0.2, 0) is 6.42 Å². The standard InChI is InChI=1S/C8H9ClFNO.2C2H6/c9-8-7(10)4-6(5-11-8)2-1-3-12;2*1-2/h4-5,12H,1-3H2;2*1-2H3. The van der Waals surface area contributed by atoms with Crippen molar-refractivity contribution >= 4 is 11.6 Å². The second kappa shape index (κ2) is 12.4. The topological polar surface area (TPSA) is 33.1 Å². The first-order chi connectivity index (χ1) is 7.74. The molecule has 0 aliphatic carbocycles. The van der Waals surface area contributed by atoms with Crippen LogP contribution in [0.3, 0.4) is 0 Å². The molecule has 1 aromatic heterocycles. The first-order valence-electron chi connectivity index (χ1n) is 5.65. The van der Waals surface area contributed by atoms with E-state index in [4.69, 9.17) is 16.7 Å². The number of rotatable bonds is 3. The van der Waals surface area contributed by atoms with Crippen molar-refractivity contribution in [2.45, 2.75) is 40.5 Å². The second-order valence-electron chi connectivity index (χ2n) is 2.44. The lowest BCUT2D eigenvalue weighted by Crippen LogP contribution is -1.92. The molecular formula is C12H21ClFNO. The lowest BCUT2D eigenvalue weighted by molar-refractivity contribution is 0.288. The summed E-state index contributed by atoms with van der Waals surface area (Å²) in [6.45, 7) is 8.10. The number of halogens is 2. The minimum Gasteiger partial charge on any atom is -0.396 e. The normalized spacial score (nSPS) is 8.44. The highest BCUT2D eigenvalue weighted by Gasteiger charge is 2.01. The zero-order valence-electron chi connectivity index (χ0n) is 10.4. The maximum atomic E-state index is 12.7. The number of aryl methyl sites for hydroxylation is 1. The predicted octanol–water partition coefficient (Wildman–Crippen LogP) is 3.85. The molecule has 0 saturated heterocycles. The van der Waals surface area contributed by atoms with Crippen molar-refractivity contribution in [2.24, 2.45) is 0 Å². The molecule has 0 spiro atoms. The zero-order chi connectivity index (χ0) is 13.0. The Hall–Kier alpha value is -0.670. The first-order valence-corrected chi connectivity index (χ1v) is 6.02. The van der Waals surface area contributed by atoms with E-state index in [1.807, 2.05) is 27.7 Å². The fourth-order valence-corrected chi connectivity index (χ4v) is 0.984. The molecule has 4 heteroatoms. The summed E-state index contributed by atoms with van der Waals surface area (Å²) in [5, 5.41) is 8.40. The SMILES string of the molecule is CC.CC.OCCCc1cnc(Cl)c(F)c1. The smallest absolute Gasteiger partial charge is 0.164 e. The van der Waals surface area contributed by atoms with Crippen LogP contribution in [0.1, 0.15) is 39.7 Å². The van der Waals surface area contributed by atoms with E-state index in [0.29, 0.717) is 12.8 Å². The Morgan fingerprint density at radius 3 is 2.31 bits per heavy atom. The Morgan fingerprint density at radius 1 is 1.31 bits per heavy atom. The van der Waals surface area contributed by atoms with E-state index >= 15 is 0 Å². The van der Waals surface area contributed by atoms with Gasteiger partial charge in [0.15, 0.2) is 11.0 Å². The molecule has 0 aliphatic heterocycles. The maximum absolute atomic E-state index is 12.7. The van der Waals surface area contributed by atoms with Crippen LogP contribution >= 0.6 is 11.6 Å². The third-order valence-corrected chi connectivity index (χ3v) is 1.75. The molecule has 1 rings (SSSR count). The summed E-state index contributed by atoms with van der Waals surface area (Å²) in [6.07, 6.45) is 2.75. The number of nitrogens with zero attached hydrogens (tertiary/aromatic N) is 1. The monoisotopic (exact) mass is 249 g/mol. The minimum absolute atomic E-state index is 0.101. The van der Waals surface area contributed by atoms with Crippen LogP contribution in [0.4, 0.5) is 4.39 Å². The van der Waals surface area contributed by atoms with Gasteiger partial charge in [-0.05, 0) is 24.5 Å². The van der Waals surface area contributed by atoms with Gasteiger partial charge in [-0.2, -0.15) is 0 Å². The van der Waals surface area contributed by atoms with Gasteiger partial charge in [0, 0.05) is 12.8 Å². The summed E-state index contributed by atoms with van der Waals surface area (Å²) in [5.74, 6) is -0.507. The molecule has 1 N–H and O–H groups in total. The third kappa shape index (κ3) is 7.60. The van der Waals surface area contributed by atoms with E-state index in [-0.39, 0.29) is 11.8 Å². The summed E-state index contributed by atoms with van der Waals surface area (Å²) < 4.78 is 12.7. The van der Waals surface area contributed by atoms with Gasteiger partial charge in [-0.3, -0.25) is 0 Å². The highest BCUT2D eigenvalue weighted by atomic mass is 35.5. The van der Waals surface area contributed by atoms with Crippen molar-refractivity contribution in [3.63, 3.8) is 0 Å². The number of aliphatic hydroxyl groups is 1. The summed E-state index contributed by atoms with van der Waals surface area (Å²) in [5.41, 5.74) is 0.756. The van der Waals surface area contributed by atoms with Crippen LogP contribution in [-0.4, -0.2) is 16.7 Å². The number of aromatic nitrogens is 1. The molecule has 0 radical (unpaired) electrons. The molecule has 0 atom stereocenters. The van der Waals surface area contributed by atoms with Gasteiger partial charge in [0.2, 0.25) is 0 Å². The van der Waals surface area contributed by atoms with Crippen LogP contribution in [0.15, 0.2) is 12.3 Å². The summed E-state index contributed by atoms with van der Waals surface area (Å²) in [6, 6.07) is 1.34. The molecule has 1 aromatic rings. The molecule has 94 valence electrons. The fourth-order valence-electron chi connectivity index (χ4n) is 0.881. The third-order valence-electron chi connectivity index (χ3n) is 1.48. The lowest BCUT2D eigenvalue weighted by atomic mass is 10.2. The van der Waals surface area contributed by atoms with Gasteiger partial charge in [-0.1, -0.05) is 39.3 Å². The largest absolute Gasteiger partial charge is 0.396 e. The molecule has 16 heavy (non-hydrogen) atoms. The van der Waals surface area contributed by atoms with Crippen molar-refractivity contribution in [2.75, 3.05) is 6.61 Å². The van der Waals surface area contributed by atoms with E-state index in [1.165, 1.54) is 12.3 Å². The summed E-state index contributed by atoms with van der Waals surface area (Å²) in [4.78, 5) is 3.64. The fraction of sp³-hybridized carbons (Fsp3) is 0.583. The zero-order valence-corrected chi connectivity index (χ0v) is 11.2. The number of hydrogen-bond donors (Lipinski definition) is 1. The number of hydrogen-bond acceptors (Lipinski definition) is 2. The lowest BCUT2D eigenvalue weighted by Gasteiger charge is -1.99. The van der Waals surface area contributed by atoms with E-state index in [0.717, 1.165) is 5.56 Å². The van der Waals surface area contributed by atoms with E-state index < -0.39 is 5.82 Å². The van der Waals surface area contributed by atoms with Gasteiger partial charge >= 0.3 is 0 Å². The van der Waals surface area contributed by atoms with Crippen molar-refractivity contribution in [3.05, 3.63) is 28.8 Å². The summed E-state index contributed by atoms with van der Waals surface area (Å²) in [7, 11) is 0. The maximum Gasteiger partial charge on any atom is 0.164 e. The Kier molecular flexibility index (Phi) is 13.7. The predicted molar refractivity (Wildman–Crippen MR) is 67.3 cm³/mol. The van der Waals surface area contributed by atoms with Gasteiger partial charge in [0.1, 0.15) is 0 Å². The number of aliphatic hydroxyl groups excluding tert-OH is 1. The van der Waals surface area contributed by atoms with Gasteiger partial charge in [-0.25, -0.2) is 9.37 Å². The Labute approximate surface area is 102 Å². The molecule has 2 nitrogen and oxygen atoms in total. The Bertz CT molecular complexity index is 269. The second-order valence-corrected chi connectivity index (χ2v) is 2.80. The Morgan fingerprint density at radius 2 is 1.88 bits per heavy atom. The average molecular weight is 250 g/mol. The molecule has 0 unspecified atom stereocenters. The highest BCUT2D eigenvalue weighted by Crippen LogP contribution is 2.12. The van der Waals surface area contributed by atoms with Crippen molar-refractivity contribution in [3.8, 4) is 0 Å². The minimum atomic E-state index is -0.507.